The van der Waals surface area contributed by atoms with Crippen LogP contribution < -0.4 is 10.5 Å². The van der Waals surface area contributed by atoms with Crippen molar-refractivity contribution in [3.8, 4) is 5.75 Å². The topological polar surface area (TPSA) is 35.2 Å². The summed E-state index contributed by atoms with van der Waals surface area (Å²) >= 11 is 0. The van der Waals surface area contributed by atoms with Crippen LogP contribution in [0.5, 0.6) is 5.75 Å². The van der Waals surface area contributed by atoms with Gasteiger partial charge >= 0.3 is 0 Å². The normalized spacial score (nSPS) is 19.2. The van der Waals surface area contributed by atoms with Crippen LogP contribution in [0.2, 0.25) is 0 Å². The molecule has 0 aromatic heterocycles. The molecule has 100 valence electrons. The fourth-order valence-electron chi connectivity index (χ4n) is 2.94. The summed E-state index contributed by atoms with van der Waals surface area (Å²) in [5.74, 6) is 0.971. The van der Waals surface area contributed by atoms with Gasteiger partial charge < -0.3 is 10.5 Å². The van der Waals surface area contributed by atoms with E-state index in [0.29, 0.717) is 5.41 Å². The van der Waals surface area contributed by atoms with Crippen molar-refractivity contribution in [1.82, 2.24) is 0 Å². The molecule has 0 radical (unpaired) electrons. The number of rotatable bonds is 5. The maximum atomic E-state index is 6.03. The molecular weight excluding hydrogens is 222 g/mol. The molecule has 0 heterocycles. The Balaban J connectivity index is 1.83. The highest BCUT2D eigenvalue weighted by molar-refractivity contribution is 5.20. The molecule has 0 unspecified atom stereocenters. The molecule has 1 saturated carbocycles. The first-order valence-corrected chi connectivity index (χ1v) is 7.23. The zero-order valence-corrected chi connectivity index (χ0v) is 11.2. The number of benzene rings is 1. The van der Waals surface area contributed by atoms with Crippen molar-refractivity contribution in [3.63, 3.8) is 0 Å². The van der Waals surface area contributed by atoms with E-state index in [1.807, 2.05) is 30.3 Å². The minimum absolute atomic E-state index is 0.339. The summed E-state index contributed by atoms with van der Waals surface area (Å²) < 4.78 is 5.82. The van der Waals surface area contributed by atoms with Crippen LogP contribution >= 0.6 is 0 Å². The Kier molecular flexibility index (Phi) is 5.06. The van der Waals surface area contributed by atoms with Crippen LogP contribution in [0.25, 0.3) is 0 Å². The Morgan fingerprint density at radius 1 is 1.00 bits per heavy atom. The van der Waals surface area contributed by atoms with Crippen LogP contribution in [0.3, 0.4) is 0 Å². The fourth-order valence-corrected chi connectivity index (χ4v) is 2.94. The van der Waals surface area contributed by atoms with E-state index in [9.17, 15) is 0 Å². The summed E-state index contributed by atoms with van der Waals surface area (Å²) in [4.78, 5) is 0. The molecule has 0 amide bonds. The SMILES string of the molecule is NCC1(CCOc2ccccc2)CCCCCC1. The molecular formula is C16H25NO. The predicted molar refractivity (Wildman–Crippen MR) is 75.7 cm³/mol. The van der Waals surface area contributed by atoms with Gasteiger partial charge in [0.05, 0.1) is 6.61 Å². The number of para-hydroxylation sites is 1. The Morgan fingerprint density at radius 2 is 1.67 bits per heavy atom. The second kappa shape index (κ2) is 6.79. The van der Waals surface area contributed by atoms with Crippen molar-refractivity contribution in [1.29, 1.82) is 0 Å². The summed E-state index contributed by atoms with van der Waals surface area (Å²) in [6, 6.07) is 10.1. The molecule has 0 bridgehead atoms. The molecule has 2 nitrogen and oxygen atoms in total. The highest BCUT2D eigenvalue weighted by Crippen LogP contribution is 2.37. The summed E-state index contributed by atoms with van der Waals surface area (Å²) in [6.45, 7) is 1.60. The molecule has 1 aliphatic carbocycles. The lowest BCUT2D eigenvalue weighted by Crippen LogP contribution is -2.31. The lowest BCUT2D eigenvalue weighted by molar-refractivity contribution is 0.177. The number of ether oxygens (including phenoxy) is 1. The Labute approximate surface area is 111 Å². The largest absolute Gasteiger partial charge is 0.494 e. The number of hydrogen-bond donors (Lipinski definition) is 1. The second-order valence-electron chi connectivity index (χ2n) is 5.53. The van der Waals surface area contributed by atoms with Gasteiger partial charge in [0.1, 0.15) is 5.75 Å². The van der Waals surface area contributed by atoms with Gasteiger partial charge in [0.25, 0.3) is 0 Å². The zero-order valence-electron chi connectivity index (χ0n) is 11.2. The van der Waals surface area contributed by atoms with E-state index in [0.717, 1.165) is 25.3 Å². The van der Waals surface area contributed by atoms with Gasteiger partial charge in [0, 0.05) is 0 Å². The van der Waals surface area contributed by atoms with Crippen molar-refractivity contribution < 1.29 is 4.74 Å². The van der Waals surface area contributed by atoms with E-state index < -0.39 is 0 Å². The lowest BCUT2D eigenvalue weighted by atomic mass is 9.78. The quantitative estimate of drug-likeness (QED) is 0.804. The third kappa shape index (κ3) is 3.74. The first-order valence-electron chi connectivity index (χ1n) is 7.23. The molecule has 2 heteroatoms. The first-order chi connectivity index (χ1) is 8.85. The molecule has 1 aromatic carbocycles. The van der Waals surface area contributed by atoms with E-state index >= 15 is 0 Å². The minimum atomic E-state index is 0.339. The van der Waals surface area contributed by atoms with Crippen LogP contribution in [0.1, 0.15) is 44.9 Å². The summed E-state index contributed by atoms with van der Waals surface area (Å²) in [6.07, 6.45) is 9.08. The Bertz CT molecular complexity index is 328. The highest BCUT2D eigenvalue weighted by Gasteiger charge is 2.29. The predicted octanol–water partition coefficient (Wildman–Crippen LogP) is 3.75. The average molecular weight is 247 g/mol. The molecule has 0 aliphatic heterocycles. The monoisotopic (exact) mass is 247 g/mol. The van der Waals surface area contributed by atoms with Crippen LogP contribution in [-0.2, 0) is 0 Å². The van der Waals surface area contributed by atoms with Crippen LogP contribution in [0, 0.1) is 5.41 Å². The van der Waals surface area contributed by atoms with Crippen molar-refractivity contribution in [2.75, 3.05) is 13.2 Å². The summed E-state index contributed by atoms with van der Waals surface area (Å²) in [5, 5.41) is 0. The number of nitrogens with two attached hydrogens (primary N) is 1. The van der Waals surface area contributed by atoms with Gasteiger partial charge in [-0.1, -0.05) is 43.9 Å². The zero-order chi connectivity index (χ0) is 12.7. The first kappa shape index (κ1) is 13.4. The molecule has 1 aromatic rings. The molecule has 0 atom stereocenters. The highest BCUT2D eigenvalue weighted by atomic mass is 16.5. The second-order valence-corrected chi connectivity index (χ2v) is 5.53. The summed E-state index contributed by atoms with van der Waals surface area (Å²) in [7, 11) is 0. The molecule has 18 heavy (non-hydrogen) atoms. The Morgan fingerprint density at radius 3 is 2.28 bits per heavy atom. The lowest BCUT2D eigenvalue weighted by Gasteiger charge is -2.31. The number of hydrogen-bond acceptors (Lipinski definition) is 2. The van der Waals surface area contributed by atoms with Crippen LogP contribution in [0.15, 0.2) is 30.3 Å². The Hall–Kier alpha value is -1.02. The van der Waals surface area contributed by atoms with Crippen LogP contribution in [0.4, 0.5) is 0 Å². The minimum Gasteiger partial charge on any atom is -0.494 e. The maximum absolute atomic E-state index is 6.03. The smallest absolute Gasteiger partial charge is 0.119 e. The van der Waals surface area contributed by atoms with Gasteiger partial charge in [-0.25, -0.2) is 0 Å². The van der Waals surface area contributed by atoms with E-state index in [1.165, 1.54) is 38.5 Å². The third-order valence-electron chi connectivity index (χ3n) is 4.24. The van der Waals surface area contributed by atoms with E-state index in [1.54, 1.807) is 0 Å². The average Bonchev–Trinajstić information content (AvgIpc) is 2.66. The molecule has 1 aliphatic rings. The summed E-state index contributed by atoms with van der Waals surface area (Å²) in [5.41, 5.74) is 6.37. The molecule has 0 saturated heterocycles. The van der Waals surface area contributed by atoms with E-state index in [-0.39, 0.29) is 0 Å². The van der Waals surface area contributed by atoms with Gasteiger partial charge in [-0.05, 0) is 43.4 Å². The van der Waals surface area contributed by atoms with E-state index in [2.05, 4.69) is 0 Å². The molecule has 0 spiro atoms. The maximum Gasteiger partial charge on any atom is 0.119 e. The van der Waals surface area contributed by atoms with Crippen molar-refractivity contribution >= 4 is 0 Å². The molecule has 1 fully saturated rings. The van der Waals surface area contributed by atoms with Gasteiger partial charge in [-0.3, -0.25) is 0 Å². The van der Waals surface area contributed by atoms with Gasteiger partial charge in [0.15, 0.2) is 0 Å². The van der Waals surface area contributed by atoms with Gasteiger partial charge in [-0.15, -0.1) is 0 Å². The van der Waals surface area contributed by atoms with Crippen molar-refractivity contribution in [2.24, 2.45) is 11.1 Å². The van der Waals surface area contributed by atoms with Gasteiger partial charge in [-0.2, -0.15) is 0 Å². The fraction of sp³-hybridized carbons (Fsp3) is 0.625. The van der Waals surface area contributed by atoms with E-state index in [4.69, 9.17) is 10.5 Å². The standard InChI is InChI=1S/C16H25NO/c17-14-16(10-6-1-2-7-11-16)12-13-18-15-8-4-3-5-9-15/h3-5,8-9H,1-2,6-7,10-14,17H2. The third-order valence-corrected chi connectivity index (χ3v) is 4.24. The molecule has 2 rings (SSSR count). The van der Waals surface area contributed by atoms with Crippen LogP contribution in [-0.4, -0.2) is 13.2 Å². The van der Waals surface area contributed by atoms with Crippen molar-refractivity contribution in [2.45, 2.75) is 44.9 Å². The van der Waals surface area contributed by atoms with Gasteiger partial charge in [0.2, 0.25) is 0 Å². The molecule has 2 N–H and O–H groups in total. The van der Waals surface area contributed by atoms with Crippen molar-refractivity contribution in [3.05, 3.63) is 30.3 Å².